The zero-order valence-electron chi connectivity index (χ0n) is 28.3. The quantitative estimate of drug-likeness (QED) is 0.0732. The fourth-order valence-electron chi connectivity index (χ4n) is 5.77. The molecule has 2 saturated heterocycles. The van der Waals surface area contributed by atoms with Gasteiger partial charge in [-0.05, 0) is 43.7 Å². The summed E-state index contributed by atoms with van der Waals surface area (Å²) in [5.74, 6) is -1.94. The summed E-state index contributed by atoms with van der Waals surface area (Å²) < 4.78 is 36.8. The Balaban J connectivity index is 1.25. The molecule has 2 aliphatic heterocycles. The molecule has 2 fully saturated rings. The number of benzene rings is 2. The third-order valence-corrected chi connectivity index (χ3v) is 7.99. The summed E-state index contributed by atoms with van der Waals surface area (Å²) in [6.07, 6.45) is 5.11. The van der Waals surface area contributed by atoms with Crippen molar-refractivity contribution in [2.75, 3.05) is 34.9 Å². The first-order valence-electron chi connectivity index (χ1n) is 15.6. The molecule has 0 N–H and O–H groups in total. The normalized spacial score (nSPS) is 21.1. The second-order valence-electron chi connectivity index (χ2n) is 12.2. The molecule has 0 amide bonds. The van der Waals surface area contributed by atoms with E-state index < -0.39 is 48.0 Å². The van der Waals surface area contributed by atoms with Gasteiger partial charge in [-0.3, -0.25) is 9.36 Å². The predicted molar refractivity (Wildman–Crippen MR) is 179 cm³/mol. The van der Waals surface area contributed by atoms with Gasteiger partial charge in [0.05, 0.1) is 32.4 Å². The Bertz CT molecular complexity index is 1990. The lowest BCUT2D eigenvalue weighted by atomic mass is 10.0. The molecule has 4 aromatic rings. The number of methoxy groups -OCH3 is 2. The van der Waals surface area contributed by atoms with E-state index in [1.165, 1.54) is 32.7 Å². The number of rotatable bonds is 11. The van der Waals surface area contributed by atoms with E-state index in [0.29, 0.717) is 22.5 Å². The van der Waals surface area contributed by atoms with E-state index in [-0.39, 0.29) is 29.0 Å². The van der Waals surface area contributed by atoms with Crippen molar-refractivity contribution in [2.45, 2.75) is 44.2 Å². The molecule has 6 rings (SSSR count). The van der Waals surface area contributed by atoms with Crippen LogP contribution in [0.1, 0.15) is 56.7 Å². The average molecular weight is 685 g/mol. The molecule has 0 bridgehead atoms. The van der Waals surface area contributed by atoms with Crippen molar-refractivity contribution >= 4 is 47.1 Å². The molecule has 2 aromatic carbocycles. The van der Waals surface area contributed by atoms with Crippen LogP contribution >= 0.6 is 0 Å². The van der Waals surface area contributed by atoms with Crippen LogP contribution in [0.2, 0.25) is 0 Å². The lowest BCUT2D eigenvalue weighted by Gasteiger charge is -2.25. The Labute approximate surface area is 287 Å². The molecule has 4 heterocycles. The highest BCUT2D eigenvalue weighted by Crippen LogP contribution is 2.44. The number of carbonyl (C=O) groups excluding carboxylic acids is 3. The number of aromatic nitrogens is 4. The van der Waals surface area contributed by atoms with Crippen molar-refractivity contribution in [3.8, 4) is 5.75 Å². The number of carbonyl (C=O) groups is 3. The minimum Gasteiger partial charge on any atom is -0.490 e. The molecule has 260 valence electrons. The summed E-state index contributed by atoms with van der Waals surface area (Å²) in [6, 6.07) is 11.2. The van der Waals surface area contributed by atoms with Gasteiger partial charge in [0.15, 0.2) is 34.8 Å². The average Bonchev–Trinajstić information content (AvgIpc) is 3.78. The maximum atomic E-state index is 13.0. The van der Waals surface area contributed by atoms with Crippen LogP contribution < -0.4 is 4.74 Å². The number of imidazole rings is 1. The summed E-state index contributed by atoms with van der Waals surface area (Å²) in [6.45, 7) is 3.61. The molecular formula is C35H36N6O9. The van der Waals surface area contributed by atoms with Gasteiger partial charge in [0.2, 0.25) is 0 Å². The van der Waals surface area contributed by atoms with Crippen molar-refractivity contribution in [3.63, 3.8) is 0 Å². The van der Waals surface area contributed by atoms with Gasteiger partial charge in [0, 0.05) is 19.7 Å². The van der Waals surface area contributed by atoms with E-state index in [1.807, 2.05) is 27.9 Å². The molecule has 0 saturated carbocycles. The van der Waals surface area contributed by atoms with E-state index >= 15 is 0 Å². The van der Waals surface area contributed by atoms with E-state index in [4.69, 9.17) is 28.4 Å². The first-order chi connectivity index (χ1) is 24.0. The second-order valence-corrected chi connectivity index (χ2v) is 12.2. The summed E-state index contributed by atoms with van der Waals surface area (Å²) in [5.41, 5.74) is 2.06. The van der Waals surface area contributed by atoms with Gasteiger partial charge >= 0.3 is 11.9 Å². The van der Waals surface area contributed by atoms with Crippen LogP contribution in [0.15, 0.2) is 66.2 Å². The van der Waals surface area contributed by atoms with Crippen LogP contribution in [0.4, 0.5) is 5.82 Å². The zero-order valence-corrected chi connectivity index (χ0v) is 28.3. The van der Waals surface area contributed by atoms with Gasteiger partial charge in [-0.2, -0.15) is 0 Å². The molecule has 2 aliphatic rings. The summed E-state index contributed by atoms with van der Waals surface area (Å²) in [7, 11) is 6.23. The summed E-state index contributed by atoms with van der Waals surface area (Å²) in [5, 5.41) is 0. The number of fused-ring (bicyclic) bond motifs is 2. The zero-order chi connectivity index (χ0) is 35.6. The van der Waals surface area contributed by atoms with E-state index in [0.717, 1.165) is 0 Å². The van der Waals surface area contributed by atoms with Crippen LogP contribution in [0.5, 0.6) is 5.75 Å². The summed E-state index contributed by atoms with van der Waals surface area (Å²) >= 11 is 0. The van der Waals surface area contributed by atoms with Crippen molar-refractivity contribution in [1.29, 1.82) is 0 Å². The van der Waals surface area contributed by atoms with E-state index in [1.54, 1.807) is 64.6 Å². The lowest BCUT2D eigenvalue weighted by molar-refractivity contribution is -0.198. The number of nitrogens with zero attached hydrogens (tertiary/aromatic N) is 6. The third-order valence-electron chi connectivity index (χ3n) is 7.99. The SMILES string of the molecule is COC(=O)c1ccc(/C=C/C(=O)c2ccccc2C(=O)OC)cc1OC[C@H]1O[C@@H](n2cnc3c(N=CN(C)C)ncnc32)[C@@H]2OC(C)(C)O[C@@H]21. The van der Waals surface area contributed by atoms with Gasteiger partial charge in [-0.15, -0.1) is 0 Å². The molecule has 0 aliphatic carbocycles. The minimum atomic E-state index is -0.914. The predicted octanol–water partition coefficient (Wildman–Crippen LogP) is 4.01. The Morgan fingerprint density at radius 2 is 1.68 bits per heavy atom. The van der Waals surface area contributed by atoms with E-state index in [9.17, 15) is 14.4 Å². The molecule has 2 aromatic heterocycles. The number of hydrogen-bond acceptors (Lipinski definition) is 13. The van der Waals surface area contributed by atoms with Crippen molar-refractivity contribution < 1.29 is 42.8 Å². The molecule has 4 atom stereocenters. The van der Waals surface area contributed by atoms with Gasteiger partial charge < -0.3 is 33.3 Å². The van der Waals surface area contributed by atoms with Gasteiger partial charge in [0.1, 0.15) is 42.6 Å². The number of ether oxygens (including phenoxy) is 6. The smallest absolute Gasteiger partial charge is 0.341 e. The van der Waals surface area contributed by atoms with Crippen molar-refractivity contribution in [1.82, 2.24) is 24.4 Å². The number of esters is 2. The van der Waals surface area contributed by atoms with Crippen molar-refractivity contribution in [3.05, 3.63) is 83.4 Å². The molecule has 0 spiro atoms. The Hall–Kier alpha value is -5.51. The highest BCUT2D eigenvalue weighted by atomic mass is 16.8. The molecule has 15 heteroatoms. The van der Waals surface area contributed by atoms with Crippen LogP contribution in [-0.4, -0.2) is 108 Å². The van der Waals surface area contributed by atoms with Crippen LogP contribution in [0.3, 0.4) is 0 Å². The maximum Gasteiger partial charge on any atom is 0.341 e. The number of hydrogen-bond donors (Lipinski definition) is 0. The van der Waals surface area contributed by atoms with E-state index in [2.05, 4.69) is 19.9 Å². The van der Waals surface area contributed by atoms with Crippen LogP contribution in [0, 0.1) is 0 Å². The summed E-state index contributed by atoms with van der Waals surface area (Å²) in [4.78, 5) is 57.4. The lowest BCUT2D eigenvalue weighted by Crippen LogP contribution is -2.34. The molecule has 15 nitrogen and oxygen atoms in total. The molecule has 0 radical (unpaired) electrons. The first-order valence-corrected chi connectivity index (χ1v) is 15.6. The molecule has 0 unspecified atom stereocenters. The number of ketones is 1. The first kappa shape index (κ1) is 34.4. The number of aliphatic imine (C=N–C) groups is 1. The topological polar surface area (TPSA) is 166 Å². The maximum absolute atomic E-state index is 13.0. The van der Waals surface area contributed by atoms with Gasteiger partial charge in [0.25, 0.3) is 0 Å². The fourth-order valence-corrected chi connectivity index (χ4v) is 5.77. The van der Waals surface area contributed by atoms with Crippen LogP contribution in [0.25, 0.3) is 17.2 Å². The Kier molecular flexibility index (Phi) is 9.72. The van der Waals surface area contributed by atoms with Crippen molar-refractivity contribution in [2.24, 2.45) is 4.99 Å². The third kappa shape index (κ3) is 6.96. The highest BCUT2D eigenvalue weighted by molar-refractivity contribution is 6.12. The van der Waals surface area contributed by atoms with Gasteiger partial charge in [-0.25, -0.2) is 29.5 Å². The standard InChI is InChI=1S/C35H36N6O9/c1-35(2)49-28-26(48-32(29(28)50-35)41-19-38-27-30(39-18-40(3)4)36-17-37-31(27)41)16-47-25-15-20(11-13-23(25)34(44)46-6)12-14-24(42)21-9-7-8-10-22(21)33(43)45-5/h7-15,17-19,26,28-29,32H,16H2,1-6H3/b14-12+,39-18?/t26-,28-,29-,32-/m1/s1. The Morgan fingerprint density at radius 1 is 0.960 bits per heavy atom. The minimum absolute atomic E-state index is 0.0281. The van der Waals surface area contributed by atoms with Gasteiger partial charge in [-0.1, -0.05) is 30.3 Å². The highest BCUT2D eigenvalue weighted by Gasteiger charge is 2.56. The van der Waals surface area contributed by atoms with Crippen LogP contribution in [-0.2, 0) is 23.7 Å². The fraction of sp³-hybridized carbons (Fsp3) is 0.343. The number of allylic oxidation sites excluding steroid dienone is 1. The Morgan fingerprint density at radius 3 is 2.42 bits per heavy atom. The largest absolute Gasteiger partial charge is 0.490 e. The molecule has 50 heavy (non-hydrogen) atoms. The monoisotopic (exact) mass is 684 g/mol. The second kappa shape index (κ2) is 14.2. The molecular weight excluding hydrogens is 648 g/mol.